The highest BCUT2D eigenvalue weighted by molar-refractivity contribution is 5.94. The van der Waals surface area contributed by atoms with Crippen molar-refractivity contribution < 1.29 is 9.53 Å². The van der Waals surface area contributed by atoms with E-state index in [0.717, 1.165) is 24.8 Å². The summed E-state index contributed by atoms with van der Waals surface area (Å²) >= 11 is 0. The van der Waals surface area contributed by atoms with Crippen LogP contribution >= 0.6 is 0 Å². The molecule has 1 aromatic heterocycles. The lowest BCUT2D eigenvalue weighted by molar-refractivity contribution is 0.0746. The summed E-state index contributed by atoms with van der Waals surface area (Å²) in [6, 6.07) is 9.17. The molecule has 0 N–H and O–H groups in total. The van der Waals surface area contributed by atoms with Crippen molar-refractivity contribution in [3.05, 3.63) is 48.3 Å². The molecule has 6 heteroatoms. The Hall–Kier alpha value is -2.63. The van der Waals surface area contributed by atoms with Gasteiger partial charge in [0.1, 0.15) is 11.4 Å². The molecule has 25 heavy (non-hydrogen) atoms. The molecule has 2 aromatic rings. The van der Waals surface area contributed by atoms with E-state index in [2.05, 4.69) is 14.9 Å². The van der Waals surface area contributed by atoms with Crippen LogP contribution in [0.15, 0.2) is 42.7 Å². The zero-order chi connectivity index (χ0) is 17.9. The first-order valence-corrected chi connectivity index (χ1v) is 8.53. The SMILES string of the molecule is CC(C)(C)Oc1ccc(C(=O)N2CCN(c3ncccn3)CC2)cc1. The summed E-state index contributed by atoms with van der Waals surface area (Å²) in [6.45, 7) is 8.81. The molecule has 1 fully saturated rings. The lowest BCUT2D eigenvalue weighted by atomic mass is 10.1. The van der Waals surface area contributed by atoms with Crippen molar-refractivity contribution in [2.45, 2.75) is 26.4 Å². The highest BCUT2D eigenvalue weighted by atomic mass is 16.5. The van der Waals surface area contributed by atoms with Gasteiger partial charge in [0.25, 0.3) is 5.91 Å². The van der Waals surface area contributed by atoms with Crippen molar-refractivity contribution in [1.82, 2.24) is 14.9 Å². The number of hydrogen-bond acceptors (Lipinski definition) is 5. The van der Waals surface area contributed by atoms with E-state index in [1.54, 1.807) is 18.5 Å². The number of carbonyl (C=O) groups excluding carboxylic acids is 1. The van der Waals surface area contributed by atoms with Crippen molar-refractivity contribution in [2.75, 3.05) is 31.1 Å². The van der Waals surface area contributed by atoms with E-state index >= 15 is 0 Å². The number of nitrogens with zero attached hydrogens (tertiary/aromatic N) is 4. The van der Waals surface area contributed by atoms with E-state index in [1.807, 2.05) is 49.9 Å². The fourth-order valence-electron chi connectivity index (χ4n) is 2.77. The average Bonchev–Trinajstić information content (AvgIpc) is 2.61. The zero-order valence-electron chi connectivity index (χ0n) is 15.0. The molecule has 0 aliphatic carbocycles. The second-order valence-electron chi connectivity index (χ2n) is 7.07. The number of rotatable bonds is 3. The Morgan fingerprint density at radius 2 is 1.60 bits per heavy atom. The number of benzene rings is 1. The van der Waals surface area contributed by atoms with Gasteiger partial charge in [0.15, 0.2) is 0 Å². The summed E-state index contributed by atoms with van der Waals surface area (Å²) in [7, 11) is 0. The Morgan fingerprint density at radius 1 is 1.00 bits per heavy atom. The van der Waals surface area contributed by atoms with Crippen LogP contribution in [0.5, 0.6) is 5.75 Å². The Bertz CT molecular complexity index is 702. The first kappa shape index (κ1) is 17.2. The average molecular weight is 340 g/mol. The van der Waals surface area contributed by atoms with Gasteiger partial charge in [-0.15, -0.1) is 0 Å². The number of piperazine rings is 1. The lowest BCUT2D eigenvalue weighted by Gasteiger charge is -2.34. The highest BCUT2D eigenvalue weighted by Gasteiger charge is 2.23. The van der Waals surface area contributed by atoms with Gasteiger partial charge in [0.05, 0.1) is 0 Å². The van der Waals surface area contributed by atoms with Crippen molar-refractivity contribution in [1.29, 1.82) is 0 Å². The topological polar surface area (TPSA) is 58.6 Å². The third kappa shape index (κ3) is 4.47. The van der Waals surface area contributed by atoms with E-state index < -0.39 is 0 Å². The van der Waals surface area contributed by atoms with E-state index in [4.69, 9.17) is 4.74 Å². The molecule has 1 aliphatic heterocycles. The molecule has 0 unspecified atom stereocenters. The maximum absolute atomic E-state index is 12.7. The molecule has 132 valence electrons. The van der Waals surface area contributed by atoms with Gasteiger partial charge in [0.2, 0.25) is 5.95 Å². The summed E-state index contributed by atoms with van der Waals surface area (Å²) in [5.74, 6) is 1.55. The van der Waals surface area contributed by atoms with Crippen molar-refractivity contribution in [3.63, 3.8) is 0 Å². The van der Waals surface area contributed by atoms with Gasteiger partial charge in [-0.2, -0.15) is 0 Å². The first-order valence-electron chi connectivity index (χ1n) is 8.53. The van der Waals surface area contributed by atoms with Crippen LogP contribution < -0.4 is 9.64 Å². The molecule has 6 nitrogen and oxygen atoms in total. The third-order valence-corrected chi connectivity index (χ3v) is 3.93. The standard InChI is InChI=1S/C19H24N4O2/c1-19(2,3)25-16-7-5-15(6-8-16)17(24)22-11-13-23(14-12-22)18-20-9-4-10-21-18/h4-10H,11-14H2,1-3H3. The summed E-state index contributed by atoms with van der Waals surface area (Å²) in [4.78, 5) is 25.2. The van der Waals surface area contributed by atoms with Gasteiger partial charge in [0, 0.05) is 44.1 Å². The molecule has 1 saturated heterocycles. The van der Waals surface area contributed by atoms with Crippen LogP contribution in [0.3, 0.4) is 0 Å². The number of carbonyl (C=O) groups is 1. The monoisotopic (exact) mass is 340 g/mol. The molecule has 2 heterocycles. The second-order valence-corrected chi connectivity index (χ2v) is 7.07. The Morgan fingerprint density at radius 3 is 2.16 bits per heavy atom. The fourth-order valence-corrected chi connectivity index (χ4v) is 2.77. The minimum absolute atomic E-state index is 0.0518. The quantitative estimate of drug-likeness (QED) is 0.860. The largest absolute Gasteiger partial charge is 0.488 e. The predicted octanol–water partition coefficient (Wildman–Crippen LogP) is 2.62. The molecule has 3 rings (SSSR count). The minimum Gasteiger partial charge on any atom is -0.488 e. The molecule has 0 spiro atoms. The van der Waals surface area contributed by atoms with Crippen molar-refractivity contribution in [2.24, 2.45) is 0 Å². The molecule has 0 atom stereocenters. The lowest BCUT2D eigenvalue weighted by Crippen LogP contribution is -2.49. The molecule has 1 aliphatic rings. The summed E-state index contributed by atoms with van der Waals surface area (Å²) in [5, 5.41) is 0. The first-order chi connectivity index (χ1) is 11.9. The van der Waals surface area contributed by atoms with Crippen LogP contribution in [0.1, 0.15) is 31.1 Å². The molecular formula is C19H24N4O2. The molecule has 0 bridgehead atoms. The summed E-state index contributed by atoms with van der Waals surface area (Å²) < 4.78 is 5.80. The van der Waals surface area contributed by atoms with Crippen LogP contribution in [0.2, 0.25) is 0 Å². The van der Waals surface area contributed by atoms with Gasteiger partial charge in [-0.25, -0.2) is 9.97 Å². The van der Waals surface area contributed by atoms with E-state index in [-0.39, 0.29) is 11.5 Å². The van der Waals surface area contributed by atoms with E-state index in [0.29, 0.717) is 18.7 Å². The van der Waals surface area contributed by atoms with E-state index in [1.165, 1.54) is 0 Å². The van der Waals surface area contributed by atoms with Crippen LogP contribution in [0, 0.1) is 0 Å². The number of ether oxygens (including phenoxy) is 1. The minimum atomic E-state index is -0.249. The zero-order valence-corrected chi connectivity index (χ0v) is 15.0. The van der Waals surface area contributed by atoms with Gasteiger partial charge in [-0.3, -0.25) is 4.79 Å². The number of aromatic nitrogens is 2. The van der Waals surface area contributed by atoms with Crippen molar-refractivity contribution in [3.8, 4) is 5.75 Å². The molecule has 1 amide bonds. The predicted molar refractivity (Wildman–Crippen MR) is 97.0 cm³/mol. The number of hydrogen-bond donors (Lipinski definition) is 0. The van der Waals surface area contributed by atoms with Crippen LogP contribution in [0.25, 0.3) is 0 Å². The fraction of sp³-hybridized carbons (Fsp3) is 0.421. The van der Waals surface area contributed by atoms with Gasteiger partial charge in [-0.05, 0) is 51.1 Å². The Kier molecular flexibility index (Phi) is 4.88. The number of anilines is 1. The maximum atomic E-state index is 12.7. The summed E-state index contributed by atoms with van der Waals surface area (Å²) in [6.07, 6.45) is 3.47. The highest BCUT2D eigenvalue weighted by Crippen LogP contribution is 2.20. The van der Waals surface area contributed by atoms with Gasteiger partial charge >= 0.3 is 0 Å². The molecule has 1 aromatic carbocycles. The van der Waals surface area contributed by atoms with E-state index in [9.17, 15) is 4.79 Å². The van der Waals surface area contributed by atoms with Crippen LogP contribution in [0.4, 0.5) is 5.95 Å². The molecule has 0 saturated carbocycles. The normalized spacial score (nSPS) is 15.2. The summed E-state index contributed by atoms with van der Waals surface area (Å²) in [5.41, 5.74) is 0.437. The molecule has 0 radical (unpaired) electrons. The molecular weight excluding hydrogens is 316 g/mol. The maximum Gasteiger partial charge on any atom is 0.253 e. The third-order valence-electron chi connectivity index (χ3n) is 3.93. The Labute approximate surface area is 148 Å². The smallest absolute Gasteiger partial charge is 0.253 e. The van der Waals surface area contributed by atoms with Gasteiger partial charge < -0.3 is 14.5 Å². The second kappa shape index (κ2) is 7.09. The Balaban J connectivity index is 1.59. The van der Waals surface area contributed by atoms with Crippen molar-refractivity contribution >= 4 is 11.9 Å². The van der Waals surface area contributed by atoms with Crippen LogP contribution in [-0.4, -0.2) is 52.6 Å². The van der Waals surface area contributed by atoms with Gasteiger partial charge in [-0.1, -0.05) is 0 Å². The van der Waals surface area contributed by atoms with Crippen LogP contribution in [-0.2, 0) is 0 Å². The number of amides is 1.